The molecule has 0 aromatic heterocycles. The minimum absolute atomic E-state index is 0.356. The molecule has 0 saturated heterocycles. The minimum atomic E-state index is -0.356. The molecule has 1 rings (SSSR count). The number of rotatable bonds is 3. The lowest BCUT2D eigenvalue weighted by molar-refractivity contribution is 0.404. The molecule has 0 bridgehead atoms. The lowest BCUT2D eigenvalue weighted by Crippen LogP contribution is -2.28. The van der Waals surface area contributed by atoms with Gasteiger partial charge < -0.3 is 10.5 Å². The largest absolute Gasteiger partial charge is 0.496 e. The maximum atomic E-state index is 6.10. The quantitative estimate of drug-likeness (QED) is 0.917. The Morgan fingerprint density at radius 3 is 2.25 bits per heavy atom. The molecule has 0 radical (unpaired) electrons. The molecule has 0 fully saturated rings. The van der Waals surface area contributed by atoms with E-state index >= 15 is 0 Å². The van der Waals surface area contributed by atoms with Crippen molar-refractivity contribution in [3.63, 3.8) is 0 Å². The molecule has 1 aromatic rings. The Morgan fingerprint density at radius 2 is 1.88 bits per heavy atom. The Morgan fingerprint density at radius 1 is 1.31 bits per heavy atom. The second-order valence-electron chi connectivity index (χ2n) is 4.95. The molecule has 2 N–H and O–H groups in total. The highest BCUT2D eigenvalue weighted by Crippen LogP contribution is 2.36. The Balaban J connectivity index is 3.38. The number of nitrogens with two attached hydrogens (primary N) is 1. The van der Waals surface area contributed by atoms with Gasteiger partial charge in [-0.25, -0.2) is 0 Å². The first kappa shape index (κ1) is 13.5. The average molecular weight is 286 g/mol. The van der Waals surface area contributed by atoms with Crippen LogP contribution in [0.5, 0.6) is 5.75 Å². The Hall–Kier alpha value is -0.540. The first-order chi connectivity index (χ1) is 7.27. The highest BCUT2D eigenvalue weighted by molar-refractivity contribution is 9.10. The summed E-state index contributed by atoms with van der Waals surface area (Å²) in [4.78, 5) is 0. The van der Waals surface area contributed by atoms with Crippen molar-refractivity contribution in [1.82, 2.24) is 0 Å². The second-order valence-corrected chi connectivity index (χ2v) is 5.80. The summed E-state index contributed by atoms with van der Waals surface area (Å²) in [5.41, 5.74) is 8.00. The summed E-state index contributed by atoms with van der Waals surface area (Å²) in [6.45, 7) is 8.28. The van der Waals surface area contributed by atoms with Crippen LogP contribution in [0.15, 0.2) is 16.6 Å². The molecule has 0 unspecified atom stereocenters. The molecular formula is C13H20BrNO. The first-order valence-corrected chi connectivity index (χ1v) is 6.23. The van der Waals surface area contributed by atoms with Gasteiger partial charge in [0.15, 0.2) is 0 Å². The summed E-state index contributed by atoms with van der Waals surface area (Å²) < 4.78 is 6.50. The molecule has 0 atom stereocenters. The summed E-state index contributed by atoms with van der Waals surface area (Å²) in [5, 5.41) is 0. The zero-order valence-electron chi connectivity index (χ0n) is 10.6. The lowest BCUT2D eigenvalue weighted by Gasteiger charge is -2.23. The van der Waals surface area contributed by atoms with E-state index in [2.05, 4.69) is 35.8 Å². The van der Waals surface area contributed by atoms with Crippen LogP contribution in [0.4, 0.5) is 0 Å². The Kier molecular flexibility index (Phi) is 4.02. The van der Waals surface area contributed by atoms with Crippen molar-refractivity contribution in [1.29, 1.82) is 0 Å². The molecule has 3 heteroatoms. The number of methoxy groups -OCH3 is 1. The lowest BCUT2D eigenvalue weighted by atomic mass is 9.92. The molecule has 0 saturated carbocycles. The van der Waals surface area contributed by atoms with E-state index in [1.54, 1.807) is 7.11 Å². The zero-order chi connectivity index (χ0) is 12.5. The van der Waals surface area contributed by atoms with Crippen molar-refractivity contribution in [3.8, 4) is 5.75 Å². The topological polar surface area (TPSA) is 35.2 Å². The first-order valence-electron chi connectivity index (χ1n) is 5.44. The smallest absolute Gasteiger partial charge is 0.123 e. The van der Waals surface area contributed by atoms with Crippen LogP contribution in [0.2, 0.25) is 0 Å². The number of halogens is 1. The molecule has 0 aliphatic heterocycles. The van der Waals surface area contributed by atoms with Gasteiger partial charge in [0.1, 0.15) is 5.75 Å². The van der Waals surface area contributed by atoms with E-state index in [0.717, 1.165) is 15.8 Å². The highest BCUT2D eigenvalue weighted by atomic mass is 79.9. The molecule has 1 aromatic carbocycles. The Bertz CT molecular complexity index is 380. The highest BCUT2D eigenvalue weighted by Gasteiger charge is 2.20. The molecule has 90 valence electrons. The van der Waals surface area contributed by atoms with Crippen molar-refractivity contribution < 1.29 is 4.74 Å². The second kappa shape index (κ2) is 4.76. The van der Waals surface area contributed by atoms with Crippen LogP contribution in [0, 0.1) is 0 Å². The van der Waals surface area contributed by atoms with Gasteiger partial charge in [0.2, 0.25) is 0 Å². The predicted molar refractivity (Wildman–Crippen MR) is 72.0 cm³/mol. The molecule has 0 aliphatic carbocycles. The summed E-state index contributed by atoms with van der Waals surface area (Å²) >= 11 is 3.60. The van der Waals surface area contributed by atoms with E-state index in [9.17, 15) is 0 Å². The van der Waals surface area contributed by atoms with Crippen molar-refractivity contribution in [2.24, 2.45) is 5.73 Å². The van der Waals surface area contributed by atoms with Gasteiger partial charge in [0.05, 0.1) is 7.11 Å². The summed E-state index contributed by atoms with van der Waals surface area (Å²) in [6.07, 6.45) is 0. The SMILES string of the molecule is COc1cc(C(C)(C)N)cc(Br)c1C(C)C. The molecule has 0 aliphatic rings. The third kappa shape index (κ3) is 2.77. The van der Waals surface area contributed by atoms with Gasteiger partial charge >= 0.3 is 0 Å². The van der Waals surface area contributed by atoms with Crippen LogP contribution in [0.25, 0.3) is 0 Å². The zero-order valence-corrected chi connectivity index (χ0v) is 12.2. The van der Waals surface area contributed by atoms with Gasteiger partial charge in [-0.15, -0.1) is 0 Å². The van der Waals surface area contributed by atoms with E-state index in [1.165, 1.54) is 5.56 Å². The van der Waals surface area contributed by atoms with Crippen molar-refractivity contribution in [3.05, 3.63) is 27.7 Å². The number of benzene rings is 1. The van der Waals surface area contributed by atoms with Crippen molar-refractivity contribution >= 4 is 15.9 Å². The van der Waals surface area contributed by atoms with Crippen LogP contribution < -0.4 is 10.5 Å². The van der Waals surface area contributed by atoms with Gasteiger partial charge in [0.25, 0.3) is 0 Å². The third-order valence-electron chi connectivity index (χ3n) is 2.63. The van der Waals surface area contributed by atoms with Gasteiger partial charge in [0, 0.05) is 15.6 Å². The third-order valence-corrected chi connectivity index (χ3v) is 3.29. The summed E-state index contributed by atoms with van der Waals surface area (Å²) in [6, 6.07) is 4.11. The molecule has 0 amide bonds. The van der Waals surface area contributed by atoms with Gasteiger partial charge in [-0.2, -0.15) is 0 Å². The molecule has 16 heavy (non-hydrogen) atoms. The van der Waals surface area contributed by atoms with Crippen LogP contribution in [0.1, 0.15) is 44.7 Å². The van der Waals surface area contributed by atoms with E-state index in [0.29, 0.717) is 5.92 Å². The van der Waals surface area contributed by atoms with Crippen LogP contribution in [0.3, 0.4) is 0 Å². The van der Waals surface area contributed by atoms with E-state index in [4.69, 9.17) is 10.5 Å². The van der Waals surface area contributed by atoms with Gasteiger partial charge in [-0.1, -0.05) is 29.8 Å². The molecule has 0 heterocycles. The number of ether oxygens (including phenoxy) is 1. The molecule has 0 spiro atoms. The van der Waals surface area contributed by atoms with Crippen LogP contribution in [-0.2, 0) is 5.54 Å². The standard InChI is InChI=1S/C13H20BrNO/c1-8(2)12-10(14)6-9(13(3,4)15)7-11(12)16-5/h6-8H,15H2,1-5H3. The van der Waals surface area contributed by atoms with Crippen molar-refractivity contribution in [2.45, 2.75) is 39.2 Å². The van der Waals surface area contributed by atoms with Crippen LogP contribution >= 0.6 is 15.9 Å². The van der Waals surface area contributed by atoms with Gasteiger partial charge in [-0.05, 0) is 37.5 Å². The normalized spacial score (nSPS) is 12.0. The molecular weight excluding hydrogens is 266 g/mol. The maximum absolute atomic E-state index is 6.10. The van der Waals surface area contributed by atoms with Crippen LogP contribution in [-0.4, -0.2) is 7.11 Å². The van der Waals surface area contributed by atoms with Gasteiger partial charge in [-0.3, -0.25) is 0 Å². The van der Waals surface area contributed by atoms with E-state index in [-0.39, 0.29) is 5.54 Å². The van der Waals surface area contributed by atoms with E-state index < -0.39 is 0 Å². The maximum Gasteiger partial charge on any atom is 0.123 e. The molecule has 2 nitrogen and oxygen atoms in total. The summed E-state index contributed by atoms with van der Waals surface area (Å²) in [5.74, 6) is 1.32. The fourth-order valence-corrected chi connectivity index (χ4v) is 2.59. The average Bonchev–Trinajstić information content (AvgIpc) is 2.14. The number of hydrogen-bond acceptors (Lipinski definition) is 2. The predicted octanol–water partition coefficient (Wildman–Crippen LogP) is 3.77. The number of hydrogen-bond donors (Lipinski definition) is 1. The fraction of sp³-hybridized carbons (Fsp3) is 0.538. The summed E-state index contributed by atoms with van der Waals surface area (Å²) in [7, 11) is 1.70. The Labute approximate surface area is 106 Å². The fourth-order valence-electron chi connectivity index (χ4n) is 1.69. The minimum Gasteiger partial charge on any atom is -0.496 e. The monoisotopic (exact) mass is 285 g/mol. The van der Waals surface area contributed by atoms with Crippen molar-refractivity contribution in [2.75, 3.05) is 7.11 Å². The van der Waals surface area contributed by atoms with E-state index in [1.807, 2.05) is 19.9 Å².